The van der Waals surface area contributed by atoms with Crippen molar-refractivity contribution in [1.82, 2.24) is 4.98 Å². The van der Waals surface area contributed by atoms with E-state index in [1.165, 1.54) is 17.5 Å². The number of rotatable bonds is 4. The molecule has 0 saturated heterocycles. The molecule has 0 unspecified atom stereocenters. The van der Waals surface area contributed by atoms with Crippen LogP contribution in [0.1, 0.15) is 21.1 Å². The third kappa shape index (κ3) is 3.20. The Kier molecular flexibility index (Phi) is 3.98. The van der Waals surface area contributed by atoms with E-state index in [0.717, 1.165) is 17.2 Å². The number of thiol groups is 1. The summed E-state index contributed by atoms with van der Waals surface area (Å²) in [5, 5.41) is 9.33. The number of carbonyl (C=O) groups is 1. The van der Waals surface area contributed by atoms with Gasteiger partial charge in [-0.15, -0.1) is 11.3 Å². The molecule has 0 aliphatic rings. The summed E-state index contributed by atoms with van der Waals surface area (Å²) < 4.78 is 0. The van der Waals surface area contributed by atoms with E-state index < -0.39 is 5.97 Å². The average molecular weight is 215 g/mol. The van der Waals surface area contributed by atoms with Crippen molar-refractivity contribution < 1.29 is 9.90 Å². The van der Waals surface area contributed by atoms with Crippen molar-refractivity contribution in [3.63, 3.8) is 0 Å². The molecular formula is C8H9NO2S2. The number of aromatic carboxylic acids is 1. The number of carboxylic acid groups (broad SMARTS) is 1. The van der Waals surface area contributed by atoms with Crippen molar-refractivity contribution in [3.8, 4) is 0 Å². The van der Waals surface area contributed by atoms with E-state index >= 15 is 0 Å². The minimum atomic E-state index is -0.925. The summed E-state index contributed by atoms with van der Waals surface area (Å²) in [6, 6.07) is 0. The van der Waals surface area contributed by atoms with Gasteiger partial charge in [0.1, 0.15) is 9.88 Å². The second-order valence-corrected chi connectivity index (χ2v) is 3.79. The van der Waals surface area contributed by atoms with E-state index in [4.69, 9.17) is 5.11 Å². The van der Waals surface area contributed by atoms with Gasteiger partial charge in [0.15, 0.2) is 0 Å². The Balaban J connectivity index is 2.64. The first-order valence-electron chi connectivity index (χ1n) is 3.70. The molecule has 3 nitrogen and oxygen atoms in total. The molecule has 0 aliphatic heterocycles. The predicted molar refractivity (Wildman–Crippen MR) is 56.6 cm³/mol. The number of nitrogens with zero attached hydrogens (tertiary/aromatic N) is 1. The Morgan fingerprint density at radius 3 is 3.08 bits per heavy atom. The van der Waals surface area contributed by atoms with Gasteiger partial charge in [-0.25, -0.2) is 9.78 Å². The van der Waals surface area contributed by atoms with E-state index in [-0.39, 0.29) is 4.88 Å². The quantitative estimate of drug-likeness (QED) is 0.757. The number of aromatic nitrogens is 1. The molecule has 0 aliphatic carbocycles. The van der Waals surface area contributed by atoms with Crippen LogP contribution in [0.25, 0.3) is 6.08 Å². The fourth-order valence-corrected chi connectivity index (χ4v) is 1.56. The molecule has 0 aromatic carbocycles. The molecule has 0 radical (unpaired) electrons. The Labute approximate surface area is 85.5 Å². The number of thiazole rings is 1. The van der Waals surface area contributed by atoms with E-state index in [1.807, 2.05) is 12.2 Å². The van der Waals surface area contributed by atoms with Crippen LogP contribution in [0, 0.1) is 0 Å². The Morgan fingerprint density at radius 1 is 1.77 bits per heavy atom. The summed E-state index contributed by atoms with van der Waals surface area (Å²) in [6.07, 6.45) is 5.98. The number of hydrogen-bond donors (Lipinski definition) is 2. The van der Waals surface area contributed by atoms with Gasteiger partial charge in [0.25, 0.3) is 0 Å². The lowest BCUT2D eigenvalue weighted by Gasteiger charge is -1.83. The lowest BCUT2D eigenvalue weighted by Crippen LogP contribution is -1.89. The second-order valence-electron chi connectivity index (χ2n) is 2.28. The summed E-state index contributed by atoms with van der Waals surface area (Å²) in [4.78, 5) is 14.7. The summed E-state index contributed by atoms with van der Waals surface area (Å²) in [5.41, 5.74) is 0. The normalized spacial score (nSPS) is 10.8. The maximum absolute atomic E-state index is 10.5. The van der Waals surface area contributed by atoms with Gasteiger partial charge in [-0.05, 0) is 18.2 Å². The minimum Gasteiger partial charge on any atom is -0.477 e. The van der Waals surface area contributed by atoms with E-state index in [9.17, 15) is 4.79 Å². The van der Waals surface area contributed by atoms with Gasteiger partial charge in [0.2, 0.25) is 0 Å². The highest BCUT2D eigenvalue weighted by molar-refractivity contribution is 7.80. The summed E-state index contributed by atoms with van der Waals surface area (Å²) in [7, 11) is 0. The van der Waals surface area contributed by atoms with Crippen LogP contribution < -0.4 is 0 Å². The molecule has 0 amide bonds. The lowest BCUT2D eigenvalue weighted by molar-refractivity contribution is 0.0702. The largest absolute Gasteiger partial charge is 0.477 e. The monoisotopic (exact) mass is 215 g/mol. The number of hydrogen-bond acceptors (Lipinski definition) is 4. The predicted octanol–water partition coefficient (Wildman–Crippen LogP) is 2.17. The zero-order valence-corrected chi connectivity index (χ0v) is 8.52. The van der Waals surface area contributed by atoms with Gasteiger partial charge < -0.3 is 5.11 Å². The van der Waals surface area contributed by atoms with Gasteiger partial charge in [-0.3, -0.25) is 0 Å². The Hall–Kier alpha value is -0.810. The van der Waals surface area contributed by atoms with Crippen LogP contribution in [0.5, 0.6) is 0 Å². The minimum absolute atomic E-state index is 0.269. The van der Waals surface area contributed by atoms with Crippen molar-refractivity contribution in [1.29, 1.82) is 0 Å². The van der Waals surface area contributed by atoms with Crippen LogP contribution in [-0.2, 0) is 0 Å². The molecule has 70 valence electrons. The molecule has 0 bridgehead atoms. The van der Waals surface area contributed by atoms with Crippen LogP contribution in [-0.4, -0.2) is 21.8 Å². The molecule has 5 heteroatoms. The number of allylic oxidation sites excluding steroid dienone is 1. The maximum atomic E-state index is 10.5. The lowest BCUT2D eigenvalue weighted by atomic mass is 10.4. The highest BCUT2D eigenvalue weighted by Crippen LogP contribution is 2.14. The SMILES string of the molecule is O=C(O)c1cnc(C=CCCS)s1. The first-order chi connectivity index (χ1) is 6.24. The van der Waals surface area contributed by atoms with Gasteiger partial charge in [0, 0.05) is 0 Å². The molecule has 0 atom stereocenters. The summed E-state index contributed by atoms with van der Waals surface area (Å²) in [5.74, 6) is -0.139. The van der Waals surface area contributed by atoms with Crippen LogP contribution in [0.2, 0.25) is 0 Å². The summed E-state index contributed by atoms with van der Waals surface area (Å²) in [6.45, 7) is 0. The van der Waals surface area contributed by atoms with Gasteiger partial charge in [0.05, 0.1) is 6.20 Å². The fourth-order valence-electron chi connectivity index (χ4n) is 0.722. The molecule has 1 rings (SSSR count). The molecule has 0 saturated carbocycles. The van der Waals surface area contributed by atoms with Gasteiger partial charge in [-0.1, -0.05) is 6.08 Å². The highest BCUT2D eigenvalue weighted by atomic mass is 32.1. The van der Waals surface area contributed by atoms with Gasteiger partial charge >= 0.3 is 5.97 Å². The van der Waals surface area contributed by atoms with Crippen molar-refractivity contribution in [2.45, 2.75) is 6.42 Å². The van der Waals surface area contributed by atoms with E-state index in [0.29, 0.717) is 0 Å². The molecule has 1 N–H and O–H groups in total. The third-order valence-corrected chi connectivity index (χ3v) is 2.50. The van der Waals surface area contributed by atoms with Gasteiger partial charge in [-0.2, -0.15) is 12.6 Å². The molecule has 13 heavy (non-hydrogen) atoms. The van der Waals surface area contributed by atoms with Crippen molar-refractivity contribution in [2.75, 3.05) is 5.75 Å². The zero-order chi connectivity index (χ0) is 9.68. The van der Waals surface area contributed by atoms with Crippen LogP contribution in [0.4, 0.5) is 0 Å². The zero-order valence-electron chi connectivity index (χ0n) is 6.80. The first-order valence-corrected chi connectivity index (χ1v) is 5.15. The molecule has 1 aromatic heterocycles. The fraction of sp³-hybridized carbons (Fsp3) is 0.250. The molecular weight excluding hydrogens is 206 g/mol. The molecule has 0 fully saturated rings. The third-order valence-electron chi connectivity index (χ3n) is 1.29. The van der Waals surface area contributed by atoms with Crippen LogP contribution in [0.3, 0.4) is 0 Å². The van der Waals surface area contributed by atoms with E-state index in [2.05, 4.69) is 17.6 Å². The Morgan fingerprint density at radius 2 is 2.54 bits per heavy atom. The molecule has 1 aromatic rings. The average Bonchev–Trinajstić information content (AvgIpc) is 2.53. The van der Waals surface area contributed by atoms with E-state index in [1.54, 1.807) is 0 Å². The molecule has 0 spiro atoms. The first kappa shape index (κ1) is 10.3. The highest BCUT2D eigenvalue weighted by Gasteiger charge is 2.05. The van der Waals surface area contributed by atoms with Crippen molar-refractivity contribution in [2.24, 2.45) is 0 Å². The topological polar surface area (TPSA) is 50.2 Å². The van der Waals surface area contributed by atoms with Crippen molar-refractivity contribution >= 4 is 36.0 Å². The summed E-state index contributed by atoms with van der Waals surface area (Å²) >= 11 is 5.21. The standard InChI is InChI=1S/C8H9NO2S2/c10-8(11)6-5-9-7(13-6)3-1-2-4-12/h1,3,5,12H,2,4H2,(H,10,11). The van der Waals surface area contributed by atoms with Crippen molar-refractivity contribution in [3.05, 3.63) is 22.2 Å². The second kappa shape index (κ2) is 5.04. The maximum Gasteiger partial charge on any atom is 0.347 e. The smallest absolute Gasteiger partial charge is 0.347 e. The molecule has 1 heterocycles. The number of carboxylic acids is 1. The Bertz CT molecular complexity index is 320. The van der Waals surface area contributed by atoms with Crippen LogP contribution >= 0.6 is 24.0 Å². The van der Waals surface area contributed by atoms with Crippen LogP contribution in [0.15, 0.2) is 12.3 Å².